The van der Waals surface area contributed by atoms with E-state index in [2.05, 4.69) is 9.72 Å². The predicted octanol–water partition coefficient (Wildman–Crippen LogP) is 0.967. The number of carbonyl (C=O) groups is 1. The second-order valence-electron chi connectivity index (χ2n) is 3.05. The molecule has 0 atom stereocenters. The van der Waals surface area contributed by atoms with Crippen LogP contribution in [0.3, 0.4) is 0 Å². The Morgan fingerprint density at radius 1 is 1.54 bits per heavy atom. The van der Waals surface area contributed by atoms with Crippen molar-refractivity contribution in [1.82, 2.24) is 4.98 Å². The van der Waals surface area contributed by atoms with Gasteiger partial charge < -0.3 is 9.84 Å². The third-order valence-corrected chi connectivity index (χ3v) is 1.22. The second-order valence-corrected chi connectivity index (χ2v) is 3.05. The molecule has 0 aliphatic heterocycles. The molecule has 13 heavy (non-hydrogen) atoms. The van der Waals surface area contributed by atoms with E-state index in [1.807, 2.05) is 0 Å². The van der Waals surface area contributed by atoms with Crippen LogP contribution in [-0.4, -0.2) is 21.8 Å². The molecule has 0 spiro atoms. The van der Waals surface area contributed by atoms with Gasteiger partial charge in [-0.05, 0) is 12.1 Å². The normalized spacial score (nSPS) is 11.0. The average Bonchev–Trinajstić information content (AvgIpc) is 2.03. The Hall–Kier alpha value is -1.42. The topological polar surface area (TPSA) is 59.4 Å². The number of aromatic nitrogens is 1. The van der Waals surface area contributed by atoms with Gasteiger partial charge in [-0.3, -0.25) is 0 Å². The van der Waals surface area contributed by atoms with Gasteiger partial charge in [0.05, 0.1) is 0 Å². The van der Waals surface area contributed by atoms with Crippen LogP contribution in [-0.2, 0) is 4.74 Å². The van der Waals surface area contributed by atoms with Crippen molar-refractivity contribution in [1.29, 1.82) is 0 Å². The summed E-state index contributed by atoms with van der Waals surface area (Å²) in [7, 11) is 0. The second kappa shape index (κ2) is 3.53. The van der Waals surface area contributed by atoms with Gasteiger partial charge in [0.1, 0.15) is 5.69 Å². The summed E-state index contributed by atoms with van der Waals surface area (Å²) in [6.45, 7) is 2.77. The van der Waals surface area contributed by atoms with Gasteiger partial charge in [-0.15, -0.1) is 0 Å². The molecule has 0 aromatic carbocycles. The van der Waals surface area contributed by atoms with E-state index in [4.69, 9.17) is 0 Å². The minimum absolute atomic E-state index is 0.185. The van der Waals surface area contributed by atoms with Crippen LogP contribution in [0, 0.1) is 0 Å². The van der Waals surface area contributed by atoms with Crippen LogP contribution in [0.25, 0.3) is 0 Å². The highest BCUT2D eigenvalue weighted by Crippen LogP contribution is 2.07. The van der Waals surface area contributed by atoms with E-state index >= 15 is 0 Å². The summed E-state index contributed by atoms with van der Waals surface area (Å²) in [5, 5.41) is 9.18. The summed E-state index contributed by atoms with van der Waals surface area (Å²) in [6, 6.07) is 4.89. The van der Waals surface area contributed by atoms with E-state index in [0.29, 0.717) is 0 Å². The van der Waals surface area contributed by atoms with Crippen molar-refractivity contribution < 1.29 is 14.6 Å². The Morgan fingerprint density at radius 2 is 2.23 bits per heavy atom. The summed E-state index contributed by atoms with van der Waals surface area (Å²) < 4.78 is 4.68. The van der Waals surface area contributed by atoms with E-state index in [1.165, 1.54) is 26.1 Å². The molecule has 70 valence electrons. The van der Waals surface area contributed by atoms with Crippen molar-refractivity contribution >= 4 is 5.97 Å². The number of nitrogens with zero attached hydrogens (tertiary/aromatic N) is 1. The lowest BCUT2D eigenvalue weighted by Crippen LogP contribution is -2.27. The Morgan fingerprint density at radius 3 is 2.69 bits per heavy atom. The first-order chi connectivity index (χ1) is 5.99. The fraction of sp³-hybridized carbons (Fsp3) is 0.333. The van der Waals surface area contributed by atoms with Gasteiger partial charge in [0.25, 0.3) is 0 Å². The number of rotatable bonds is 2. The number of aliphatic hydroxyl groups is 1. The molecule has 1 aromatic rings. The number of pyridine rings is 1. The third kappa shape index (κ3) is 3.21. The van der Waals surface area contributed by atoms with Crippen molar-refractivity contribution in [2.75, 3.05) is 0 Å². The summed E-state index contributed by atoms with van der Waals surface area (Å²) >= 11 is 0. The van der Waals surface area contributed by atoms with Crippen LogP contribution in [0.5, 0.6) is 0 Å². The molecule has 0 saturated carbocycles. The Balaban J connectivity index is 2.71. The first kappa shape index (κ1) is 9.67. The molecule has 0 radical (unpaired) electrons. The van der Waals surface area contributed by atoms with Crippen molar-refractivity contribution in [2.24, 2.45) is 0 Å². The van der Waals surface area contributed by atoms with Crippen LogP contribution in [0.15, 0.2) is 24.4 Å². The van der Waals surface area contributed by atoms with Crippen LogP contribution in [0.4, 0.5) is 0 Å². The highest BCUT2D eigenvalue weighted by atomic mass is 16.7. The van der Waals surface area contributed by atoms with Crippen molar-refractivity contribution in [2.45, 2.75) is 19.6 Å². The fourth-order valence-electron chi connectivity index (χ4n) is 0.763. The van der Waals surface area contributed by atoms with Crippen molar-refractivity contribution in [3.05, 3.63) is 30.1 Å². The molecule has 0 unspecified atom stereocenters. The maximum atomic E-state index is 11.2. The average molecular weight is 181 g/mol. The lowest BCUT2D eigenvalue weighted by molar-refractivity contribution is -0.136. The molecule has 1 aromatic heterocycles. The smallest absolute Gasteiger partial charge is 0.359 e. The first-order valence-corrected chi connectivity index (χ1v) is 3.86. The molecular formula is C9H11NO3. The summed E-state index contributed by atoms with van der Waals surface area (Å²) in [5.41, 5.74) is 0.185. The van der Waals surface area contributed by atoms with Gasteiger partial charge in [0.15, 0.2) is 0 Å². The minimum atomic E-state index is -1.46. The van der Waals surface area contributed by atoms with E-state index in [9.17, 15) is 9.90 Å². The molecule has 1 N–H and O–H groups in total. The van der Waals surface area contributed by atoms with Gasteiger partial charge in [-0.2, -0.15) is 0 Å². The minimum Gasteiger partial charge on any atom is -0.429 e. The molecule has 4 heteroatoms. The highest BCUT2D eigenvalue weighted by molar-refractivity contribution is 5.87. The van der Waals surface area contributed by atoms with Crippen molar-refractivity contribution in [3.8, 4) is 0 Å². The number of ether oxygens (including phenoxy) is 1. The molecular weight excluding hydrogens is 170 g/mol. The lowest BCUT2D eigenvalue weighted by atomic mass is 10.3. The van der Waals surface area contributed by atoms with Crippen LogP contribution in [0.1, 0.15) is 24.3 Å². The first-order valence-electron chi connectivity index (χ1n) is 3.86. The van der Waals surface area contributed by atoms with Gasteiger partial charge in [0, 0.05) is 20.0 Å². The summed E-state index contributed by atoms with van der Waals surface area (Å²) in [6.07, 6.45) is 1.49. The lowest BCUT2D eigenvalue weighted by Gasteiger charge is -2.17. The zero-order valence-electron chi connectivity index (χ0n) is 7.52. The fourth-order valence-corrected chi connectivity index (χ4v) is 0.763. The maximum absolute atomic E-state index is 11.2. The monoisotopic (exact) mass is 181 g/mol. The molecule has 0 amide bonds. The Labute approximate surface area is 76.2 Å². The van der Waals surface area contributed by atoms with Gasteiger partial charge in [0.2, 0.25) is 5.79 Å². The number of hydrogen-bond acceptors (Lipinski definition) is 4. The number of carbonyl (C=O) groups excluding carboxylic acids is 1. The third-order valence-electron chi connectivity index (χ3n) is 1.22. The molecule has 0 bridgehead atoms. The molecule has 0 aliphatic carbocycles. The summed E-state index contributed by atoms with van der Waals surface area (Å²) in [5.74, 6) is -2.10. The van der Waals surface area contributed by atoms with Crippen LogP contribution < -0.4 is 0 Å². The largest absolute Gasteiger partial charge is 0.429 e. The highest BCUT2D eigenvalue weighted by Gasteiger charge is 2.19. The number of esters is 1. The predicted molar refractivity (Wildman–Crippen MR) is 46.0 cm³/mol. The molecule has 1 rings (SSSR count). The van der Waals surface area contributed by atoms with Gasteiger partial charge >= 0.3 is 5.97 Å². The van der Waals surface area contributed by atoms with E-state index in [0.717, 1.165) is 0 Å². The zero-order chi connectivity index (χ0) is 9.90. The van der Waals surface area contributed by atoms with Crippen LogP contribution in [0.2, 0.25) is 0 Å². The summed E-state index contributed by atoms with van der Waals surface area (Å²) in [4.78, 5) is 15.0. The van der Waals surface area contributed by atoms with Crippen molar-refractivity contribution in [3.63, 3.8) is 0 Å². The molecule has 1 heterocycles. The molecule has 0 saturated heterocycles. The Kier molecular flexibility index (Phi) is 2.63. The molecule has 0 aliphatic rings. The van der Waals surface area contributed by atoms with E-state index < -0.39 is 11.8 Å². The zero-order valence-corrected chi connectivity index (χ0v) is 7.52. The van der Waals surface area contributed by atoms with Gasteiger partial charge in [-0.25, -0.2) is 9.78 Å². The molecule has 4 nitrogen and oxygen atoms in total. The quantitative estimate of drug-likeness (QED) is 0.545. The van der Waals surface area contributed by atoms with Crippen LogP contribution >= 0.6 is 0 Å². The maximum Gasteiger partial charge on any atom is 0.359 e. The van der Waals surface area contributed by atoms with E-state index in [-0.39, 0.29) is 5.69 Å². The number of hydrogen-bond donors (Lipinski definition) is 1. The Bertz CT molecular complexity index is 289. The molecule has 0 fully saturated rings. The standard InChI is InChI=1S/C9H11NO3/c1-9(2,12)13-8(11)7-5-3-4-6-10-7/h3-6,12H,1-2H3. The van der Waals surface area contributed by atoms with E-state index in [1.54, 1.807) is 12.1 Å². The SMILES string of the molecule is CC(C)(O)OC(=O)c1ccccn1. The van der Waals surface area contributed by atoms with Gasteiger partial charge in [-0.1, -0.05) is 6.07 Å².